The molecule has 22 heavy (non-hydrogen) atoms. The fraction of sp³-hybridized carbons (Fsp3) is 0.350. The lowest BCUT2D eigenvalue weighted by atomic mass is 9.92. The molecule has 2 aromatic carbocycles. The molecule has 114 valence electrons. The van der Waals surface area contributed by atoms with Crippen LogP contribution in [0.1, 0.15) is 37.9 Å². The number of hydrogen-bond acceptors (Lipinski definition) is 2. The summed E-state index contributed by atoms with van der Waals surface area (Å²) in [6, 6.07) is 19.6. The van der Waals surface area contributed by atoms with Crippen LogP contribution in [-0.4, -0.2) is 17.8 Å². The van der Waals surface area contributed by atoms with Crippen molar-refractivity contribution in [2.45, 2.75) is 33.2 Å². The van der Waals surface area contributed by atoms with Gasteiger partial charge in [0.1, 0.15) is 0 Å². The third-order valence-electron chi connectivity index (χ3n) is 3.99. The fourth-order valence-electron chi connectivity index (χ4n) is 3.04. The van der Waals surface area contributed by atoms with Crippen LogP contribution in [0.15, 0.2) is 59.6 Å². The van der Waals surface area contributed by atoms with E-state index in [1.54, 1.807) is 0 Å². The maximum absolute atomic E-state index is 4.73. The highest BCUT2D eigenvalue weighted by atomic mass is 15.2. The molecule has 0 amide bonds. The van der Waals surface area contributed by atoms with E-state index in [9.17, 15) is 0 Å². The zero-order valence-corrected chi connectivity index (χ0v) is 13.7. The largest absolute Gasteiger partial charge is 0.355 e. The number of nitrogens with zero attached hydrogens (tertiary/aromatic N) is 2. The topological polar surface area (TPSA) is 15.6 Å². The van der Waals surface area contributed by atoms with E-state index >= 15 is 0 Å². The van der Waals surface area contributed by atoms with Gasteiger partial charge >= 0.3 is 0 Å². The van der Waals surface area contributed by atoms with Crippen LogP contribution in [0.3, 0.4) is 0 Å². The molecule has 1 unspecified atom stereocenters. The second-order valence-electron chi connectivity index (χ2n) is 7.24. The Labute approximate surface area is 133 Å². The van der Waals surface area contributed by atoms with Gasteiger partial charge in [0.2, 0.25) is 0 Å². The minimum atomic E-state index is 0.232. The number of benzene rings is 2. The van der Waals surface area contributed by atoms with Crippen molar-refractivity contribution < 1.29 is 0 Å². The fourth-order valence-corrected chi connectivity index (χ4v) is 3.04. The minimum Gasteiger partial charge on any atom is -0.355 e. The molecule has 0 radical (unpaired) electrons. The van der Waals surface area contributed by atoms with Crippen LogP contribution in [0.2, 0.25) is 0 Å². The van der Waals surface area contributed by atoms with Crippen LogP contribution in [0.25, 0.3) is 0 Å². The molecule has 2 heteroatoms. The molecule has 0 N–H and O–H groups in total. The first-order valence-corrected chi connectivity index (χ1v) is 7.96. The molecule has 0 aliphatic carbocycles. The van der Waals surface area contributed by atoms with Gasteiger partial charge in [0, 0.05) is 6.54 Å². The Hall–Kier alpha value is -2.09. The van der Waals surface area contributed by atoms with Crippen molar-refractivity contribution in [2.24, 2.45) is 10.4 Å². The van der Waals surface area contributed by atoms with Gasteiger partial charge < -0.3 is 4.90 Å². The van der Waals surface area contributed by atoms with Gasteiger partial charge in [-0.3, -0.25) is 0 Å². The van der Waals surface area contributed by atoms with Crippen LogP contribution in [0.5, 0.6) is 0 Å². The summed E-state index contributed by atoms with van der Waals surface area (Å²) in [5.41, 5.74) is 4.01. The maximum Gasteiger partial charge on any atom is 0.0917 e. The molecule has 1 aliphatic rings. The summed E-state index contributed by atoms with van der Waals surface area (Å²) >= 11 is 0. The summed E-state index contributed by atoms with van der Waals surface area (Å²) in [5.74, 6) is 0. The van der Waals surface area contributed by atoms with Gasteiger partial charge in [0.25, 0.3) is 0 Å². The molecule has 2 nitrogen and oxygen atoms in total. The average Bonchev–Trinajstić information content (AvgIpc) is 2.67. The van der Waals surface area contributed by atoms with Crippen molar-refractivity contribution in [3.05, 3.63) is 65.7 Å². The summed E-state index contributed by atoms with van der Waals surface area (Å²) in [5, 5.41) is 0. The highest BCUT2D eigenvalue weighted by Gasteiger charge is 2.25. The number of para-hydroxylation sites is 1. The molecular formula is C20H24N2. The molecule has 0 spiro atoms. The smallest absolute Gasteiger partial charge is 0.0917 e. The summed E-state index contributed by atoms with van der Waals surface area (Å²) in [7, 11) is 0. The first-order valence-electron chi connectivity index (χ1n) is 7.96. The Balaban J connectivity index is 2.00. The van der Waals surface area contributed by atoms with Crippen LogP contribution in [0.4, 0.5) is 5.69 Å². The maximum atomic E-state index is 4.73. The van der Waals surface area contributed by atoms with Crippen molar-refractivity contribution in [2.75, 3.05) is 6.54 Å². The third kappa shape index (κ3) is 3.38. The van der Waals surface area contributed by atoms with E-state index in [1.807, 2.05) is 6.34 Å². The molecular weight excluding hydrogens is 268 g/mol. The number of rotatable bonds is 2. The number of aliphatic imine (C=N–C) groups is 1. The van der Waals surface area contributed by atoms with E-state index in [0.29, 0.717) is 6.04 Å². The lowest BCUT2D eigenvalue weighted by molar-refractivity contribution is 0.229. The lowest BCUT2D eigenvalue weighted by Crippen LogP contribution is -2.35. The van der Waals surface area contributed by atoms with E-state index in [4.69, 9.17) is 4.99 Å². The monoisotopic (exact) mass is 292 g/mol. The predicted molar refractivity (Wildman–Crippen MR) is 93.6 cm³/mol. The zero-order valence-electron chi connectivity index (χ0n) is 13.7. The van der Waals surface area contributed by atoms with Gasteiger partial charge in [-0.2, -0.15) is 0 Å². The normalized spacial score (nSPS) is 18.0. The molecule has 1 atom stereocenters. The van der Waals surface area contributed by atoms with Gasteiger partial charge in [-0.15, -0.1) is 0 Å². The van der Waals surface area contributed by atoms with Crippen molar-refractivity contribution in [1.29, 1.82) is 0 Å². The Morgan fingerprint density at radius 2 is 1.68 bits per heavy atom. The van der Waals surface area contributed by atoms with E-state index in [-0.39, 0.29) is 5.41 Å². The van der Waals surface area contributed by atoms with E-state index < -0.39 is 0 Å². The van der Waals surface area contributed by atoms with Crippen molar-refractivity contribution in [3.8, 4) is 0 Å². The Morgan fingerprint density at radius 1 is 1.00 bits per heavy atom. The number of fused-ring (bicyclic) bond motifs is 1. The lowest BCUT2D eigenvalue weighted by Gasteiger charge is -2.34. The standard InChI is InChI=1S/C20H24N2/c1-20(2,3)14-22-15-21-18-12-8-7-11-17(18)13-19(22)16-9-5-4-6-10-16/h4-12,15,19H,13-14H2,1-3H3. The van der Waals surface area contributed by atoms with Gasteiger partial charge in [0.15, 0.2) is 0 Å². The first kappa shape index (κ1) is 14.8. The number of hydrogen-bond donors (Lipinski definition) is 0. The van der Waals surface area contributed by atoms with Crippen LogP contribution < -0.4 is 0 Å². The van der Waals surface area contributed by atoms with Crippen molar-refractivity contribution in [3.63, 3.8) is 0 Å². The summed E-state index contributed by atoms with van der Waals surface area (Å²) in [6.45, 7) is 7.83. The molecule has 0 saturated carbocycles. The van der Waals surface area contributed by atoms with Gasteiger partial charge in [-0.1, -0.05) is 69.3 Å². The zero-order chi connectivity index (χ0) is 15.6. The first-order chi connectivity index (χ1) is 10.5. The van der Waals surface area contributed by atoms with Gasteiger partial charge in [-0.25, -0.2) is 4.99 Å². The highest BCUT2D eigenvalue weighted by Crippen LogP contribution is 2.33. The predicted octanol–water partition coefficient (Wildman–Crippen LogP) is 4.99. The third-order valence-corrected chi connectivity index (χ3v) is 3.99. The van der Waals surface area contributed by atoms with Crippen molar-refractivity contribution in [1.82, 2.24) is 4.90 Å². The highest BCUT2D eigenvalue weighted by molar-refractivity contribution is 5.66. The molecule has 0 bridgehead atoms. The van der Waals surface area contributed by atoms with E-state index in [1.165, 1.54) is 11.1 Å². The summed E-state index contributed by atoms with van der Waals surface area (Å²) in [4.78, 5) is 7.13. The van der Waals surface area contributed by atoms with Gasteiger partial charge in [0.05, 0.1) is 18.1 Å². The molecule has 1 aliphatic heterocycles. The molecule has 1 heterocycles. The quantitative estimate of drug-likeness (QED) is 0.761. The SMILES string of the molecule is CC(C)(C)CN1C=Nc2ccccc2CC1c1ccccc1. The minimum absolute atomic E-state index is 0.232. The molecule has 2 aromatic rings. The van der Waals surface area contributed by atoms with Gasteiger partial charge in [-0.05, 0) is 29.0 Å². The Kier molecular flexibility index (Phi) is 4.02. The van der Waals surface area contributed by atoms with Crippen LogP contribution in [-0.2, 0) is 6.42 Å². The Morgan fingerprint density at radius 3 is 2.41 bits per heavy atom. The second-order valence-corrected chi connectivity index (χ2v) is 7.24. The second kappa shape index (κ2) is 5.96. The molecule has 0 aromatic heterocycles. The summed E-state index contributed by atoms with van der Waals surface area (Å²) < 4.78 is 0. The molecule has 0 fully saturated rings. The molecule has 0 saturated heterocycles. The molecule has 3 rings (SSSR count). The average molecular weight is 292 g/mol. The van der Waals surface area contributed by atoms with E-state index in [0.717, 1.165) is 18.7 Å². The van der Waals surface area contributed by atoms with E-state index in [2.05, 4.69) is 80.3 Å². The van der Waals surface area contributed by atoms with Crippen LogP contribution in [0, 0.1) is 5.41 Å². The Bertz CT molecular complexity index is 653. The van der Waals surface area contributed by atoms with Crippen molar-refractivity contribution >= 4 is 12.0 Å². The van der Waals surface area contributed by atoms with Crippen LogP contribution >= 0.6 is 0 Å². The summed E-state index contributed by atoms with van der Waals surface area (Å²) in [6.07, 6.45) is 3.03.